The Labute approximate surface area is 214 Å². The Morgan fingerprint density at radius 3 is 2.67 bits per heavy atom. The number of hydrogen-bond donors (Lipinski definition) is 0. The van der Waals surface area contributed by atoms with Gasteiger partial charge in [-0.25, -0.2) is 15.0 Å². The molecule has 0 amide bonds. The molecule has 1 aliphatic carbocycles. The number of para-hydroxylation sites is 1. The number of pyridine rings is 1. The van der Waals surface area contributed by atoms with E-state index in [-0.39, 0.29) is 0 Å². The van der Waals surface area contributed by atoms with Crippen LogP contribution in [-0.2, 0) is 0 Å². The summed E-state index contributed by atoms with van der Waals surface area (Å²) in [5.41, 5.74) is 3.78. The molecule has 0 atom stereocenters. The summed E-state index contributed by atoms with van der Waals surface area (Å²) in [7, 11) is 0. The van der Waals surface area contributed by atoms with Gasteiger partial charge in [0.2, 0.25) is 5.88 Å². The van der Waals surface area contributed by atoms with Crippen LogP contribution in [0.4, 0.5) is 0 Å². The van der Waals surface area contributed by atoms with E-state index in [9.17, 15) is 0 Å². The Balaban J connectivity index is 1.23. The van der Waals surface area contributed by atoms with E-state index in [4.69, 9.17) is 21.3 Å². The average Bonchev–Trinajstić information content (AvgIpc) is 3.21. The average molecular weight is 496 g/mol. The summed E-state index contributed by atoms with van der Waals surface area (Å²) in [6.45, 7) is 3.75. The summed E-state index contributed by atoms with van der Waals surface area (Å²) < 4.78 is 8.30. The van der Waals surface area contributed by atoms with Crippen molar-refractivity contribution in [3.63, 3.8) is 0 Å². The number of ether oxygens (including phenoxy) is 1. The standard InChI is InChI=1S/C29H26ClN5O/c30-26-13-20-7-8-28(36-22-5-2-1-3-6-22)33-27(20)14-23(26)25-17-35(29-24(25)15-31-18-32-29)21-11-19(12-21)16-34-9-4-10-34/h1-3,5-8,13-15,17-19,21H,4,9-12,16H2. The molecule has 3 aromatic heterocycles. The predicted molar refractivity (Wildman–Crippen MR) is 143 cm³/mol. The number of aromatic nitrogens is 4. The Morgan fingerprint density at radius 2 is 1.86 bits per heavy atom. The van der Waals surface area contributed by atoms with Gasteiger partial charge in [0.15, 0.2) is 0 Å². The summed E-state index contributed by atoms with van der Waals surface area (Å²) in [5, 5.41) is 2.67. The van der Waals surface area contributed by atoms with Crippen molar-refractivity contribution in [1.82, 2.24) is 24.4 Å². The molecular formula is C29H26ClN5O. The van der Waals surface area contributed by atoms with E-state index >= 15 is 0 Å². The monoisotopic (exact) mass is 495 g/mol. The van der Waals surface area contributed by atoms with Crippen molar-refractivity contribution < 1.29 is 4.74 Å². The Hall–Kier alpha value is -3.48. The molecule has 2 aliphatic rings. The van der Waals surface area contributed by atoms with Crippen LogP contribution < -0.4 is 4.74 Å². The lowest BCUT2D eigenvalue weighted by Gasteiger charge is -2.42. The maximum Gasteiger partial charge on any atom is 0.219 e. The van der Waals surface area contributed by atoms with Crippen molar-refractivity contribution in [2.24, 2.45) is 5.92 Å². The lowest BCUT2D eigenvalue weighted by Crippen LogP contribution is -2.43. The van der Waals surface area contributed by atoms with Gasteiger partial charge in [-0.1, -0.05) is 29.8 Å². The van der Waals surface area contributed by atoms with Gasteiger partial charge in [-0.3, -0.25) is 0 Å². The van der Waals surface area contributed by atoms with Crippen molar-refractivity contribution >= 4 is 33.5 Å². The highest BCUT2D eigenvalue weighted by Gasteiger charge is 2.34. The fourth-order valence-corrected chi connectivity index (χ4v) is 5.76. The lowest BCUT2D eigenvalue weighted by atomic mass is 9.79. The molecule has 0 unspecified atom stereocenters. The van der Waals surface area contributed by atoms with Crippen LogP contribution in [0, 0.1) is 5.92 Å². The zero-order valence-corrected chi connectivity index (χ0v) is 20.6. The normalized spacial score (nSPS) is 19.8. The topological polar surface area (TPSA) is 56.1 Å². The first kappa shape index (κ1) is 21.8. The van der Waals surface area contributed by atoms with Gasteiger partial charge in [0, 0.05) is 58.0 Å². The van der Waals surface area contributed by atoms with E-state index in [2.05, 4.69) is 31.7 Å². The van der Waals surface area contributed by atoms with Gasteiger partial charge < -0.3 is 14.2 Å². The number of fused-ring (bicyclic) bond motifs is 2. The summed E-state index contributed by atoms with van der Waals surface area (Å²) in [6, 6.07) is 18.1. The molecular weight excluding hydrogens is 470 g/mol. The minimum atomic E-state index is 0.464. The second kappa shape index (κ2) is 8.87. The molecule has 0 radical (unpaired) electrons. The molecule has 4 heterocycles. The lowest BCUT2D eigenvalue weighted by molar-refractivity contribution is 0.0921. The maximum atomic E-state index is 6.83. The fraction of sp³-hybridized carbons (Fsp3) is 0.276. The summed E-state index contributed by atoms with van der Waals surface area (Å²) in [4.78, 5) is 16.3. The van der Waals surface area contributed by atoms with Crippen LogP contribution in [0.25, 0.3) is 33.1 Å². The van der Waals surface area contributed by atoms with Gasteiger partial charge in [-0.05, 0) is 68.6 Å². The first-order valence-electron chi connectivity index (χ1n) is 12.6. The van der Waals surface area contributed by atoms with Crippen LogP contribution in [0.3, 0.4) is 0 Å². The molecule has 7 heteroatoms. The van der Waals surface area contributed by atoms with Crippen LogP contribution >= 0.6 is 11.6 Å². The first-order valence-corrected chi connectivity index (χ1v) is 13.0. The third-order valence-electron chi connectivity index (χ3n) is 7.57. The molecule has 1 aliphatic heterocycles. The number of halogens is 1. The van der Waals surface area contributed by atoms with Crippen molar-refractivity contribution in [2.75, 3.05) is 19.6 Å². The van der Waals surface area contributed by atoms with E-state index in [1.54, 1.807) is 6.33 Å². The Kier molecular flexibility index (Phi) is 5.37. The molecule has 0 spiro atoms. The van der Waals surface area contributed by atoms with Crippen LogP contribution in [0.5, 0.6) is 11.6 Å². The van der Waals surface area contributed by atoms with Gasteiger partial charge in [0.1, 0.15) is 17.7 Å². The minimum Gasteiger partial charge on any atom is -0.439 e. The van der Waals surface area contributed by atoms with Crippen LogP contribution in [-0.4, -0.2) is 44.1 Å². The van der Waals surface area contributed by atoms with Crippen LogP contribution in [0.2, 0.25) is 5.02 Å². The second-order valence-corrected chi connectivity index (χ2v) is 10.4. The molecule has 0 N–H and O–H groups in total. The first-order chi connectivity index (χ1) is 17.7. The summed E-state index contributed by atoms with van der Waals surface area (Å²) in [6.07, 6.45) is 9.47. The summed E-state index contributed by atoms with van der Waals surface area (Å²) in [5.74, 6) is 2.08. The molecule has 36 heavy (non-hydrogen) atoms. The van der Waals surface area contributed by atoms with Gasteiger partial charge >= 0.3 is 0 Å². The molecule has 180 valence electrons. The van der Waals surface area contributed by atoms with Gasteiger partial charge in [-0.2, -0.15) is 0 Å². The largest absolute Gasteiger partial charge is 0.439 e. The van der Waals surface area contributed by atoms with Gasteiger partial charge in [0.25, 0.3) is 0 Å². The number of likely N-dealkylation sites (tertiary alicyclic amines) is 1. The highest BCUT2D eigenvalue weighted by molar-refractivity contribution is 6.34. The SMILES string of the molecule is Clc1cc2ccc(Oc3ccccc3)nc2cc1-c1cn(C2CC(CN3CCC3)C2)c2ncncc12. The highest BCUT2D eigenvalue weighted by Crippen LogP contribution is 2.44. The van der Waals surface area contributed by atoms with Crippen molar-refractivity contribution in [1.29, 1.82) is 0 Å². The van der Waals surface area contributed by atoms with Crippen molar-refractivity contribution in [2.45, 2.75) is 25.3 Å². The number of benzene rings is 2. The van der Waals surface area contributed by atoms with Gasteiger partial charge in [0.05, 0.1) is 5.52 Å². The second-order valence-electron chi connectivity index (χ2n) is 9.94. The third-order valence-corrected chi connectivity index (χ3v) is 7.88. The van der Waals surface area contributed by atoms with Crippen LogP contribution in [0.15, 0.2) is 73.3 Å². The van der Waals surface area contributed by atoms with Crippen molar-refractivity contribution in [3.05, 3.63) is 78.3 Å². The fourth-order valence-electron chi connectivity index (χ4n) is 5.48. The Bertz CT molecular complexity index is 1560. The molecule has 5 aromatic rings. The van der Waals surface area contributed by atoms with E-state index in [1.165, 1.54) is 38.9 Å². The maximum absolute atomic E-state index is 6.83. The molecule has 6 nitrogen and oxygen atoms in total. The molecule has 7 rings (SSSR count). The smallest absolute Gasteiger partial charge is 0.219 e. The zero-order chi connectivity index (χ0) is 24.1. The number of hydrogen-bond acceptors (Lipinski definition) is 5. The van der Waals surface area contributed by atoms with Crippen LogP contribution in [0.1, 0.15) is 25.3 Å². The third kappa shape index (κ3) is 3.91. The molecule has 1 saturated heterocycles. The Morgan fingerprint density at radius 1 is 1.00 bits per heavy atom. The molecule has 1 saturated carbocycles. The molecule has 0 bridgehead atoms. The quantitative estimate of drug-likeness (QED) is 0.261. The minimum absolute atomic E-state index is 0.464. The van der Waals surface area contributed by atoms with E-state index in [0.29, 0.717) is 16.9 Å². The van der Waals surface area contributed by atoms with E-state index in [1.807, 2.05) is 54.7 Å². The van der Waals surface area contributed by atoms with E-state index < -0.39 is 0 Å². The number of nitrogens with zero attached hydrogens (tertiary/aromatic N) is 5. The zero-order valence-electron chi connectivity index (χ0n) is 19.8. The van der Waals surface area contributed by atoms with E-state index in [0.717, 1.165) is 44.7 Å². The van der Waals surface area contributed by atoms with Crippen molar-refractivity contribution in [3.8, 4) is 22.8 Å². The number of rotatable bonds is 6. The molecule has 2 fully saturated rings. The molecule has 2 aromatic carbocycles. The summed E-state index contributed by atoms with van der Waals surface area (Å²) >= 11 is 6.83. The highest BCUT2D eigenvalue weighted by atomic mass is 35.5. The predicted octanol–water partition coefficient (Wildman–Crippen LogP) is 6.75. The van der Waals surface area contributed by atoms with Gasteiger partial charge in [-0.15, -0.1) is 0 Å².